The summed E-state index contributed by atoms with van der Waals surface area (Å²) in [5.41, 5.74) is 1.96. The lowest BCUT2D eigenvalue weighted by molar-refractivity contribution is 0.251. The van der Waals surface area contributed by atoms with Gasteiger partial charge in [-0.3, -0.25) is 10.00 Å². The Hall–Kier alpha value is -2.74. The molecule has 0 spiro atoms. The number of hydrogen-bond acceptors (Lipinski definition) is 5. The van der Waals surface area contributed by atoms with Crippen LogP contribution in [0.4, 0.5) is 10.6 Å². The monoisotopic (exact) mass is 342 g/mol. The van der Waals surface area contributed by atoms with Crippen molar-refractivity contribution in [3.8, 4) is 10.6 Å². The van der Waals surface area contributed by atoms with Gasteiger partial charge in [0.15, 0.2) is 0 Å². The standard InChI is InChI=1S/C16H18N6OS/c1-3-12-9-13(22(2)21-12)18-16(23)17-10-14-19-20-15(24-14)11-7-5-4-6-8-11/h4-9H,3,10H2,1-2H3,(H2,17,18,23). The van der Waals surface area contributed by atoms with Gasteiger partial charge in [-0.15, -0.1) is 10.2 Å². The van der Waals surface area contributed by atoms with Crippen LogP contribution in [0.1, 0.15) is 17.6 Å². The molecule has 0 radical (unpaired) electrons. The molecule has 2 amide bonds. The number of urea groups is 1. The lowest BCUT2D eigenvalue weighted by Crippen LogP contribution is -2.29. The average molecular weight is 342 g/mol. The lowest BCUT2D eigenvalue weighted by Gasteiger charge is -2.05. The van der Waals surface area contributed by atoms with Crippen molar-refractivity contribution in [1.82, 2.24) is 25.3 Å². The number of aromatic nitrogens is 4. The fraction of sp³-hybridized carbons (Fsp3) is 0.250. The molecule has 0 aliphatic carbocycles. The van der Waals surface area contributed by atoms with Crippen LogP contribution in [-0.2, 0) is 20.0 Å². The molecule has 1 aromatic carbocycles. The van der Waals surface area contributed by atoms with E-state index in [1.165, 1.54) is 11.3 Å². The second kappa shape index (κ2) is 7.22. The van der Waals surface area contributed by atoms with Crippen LogP contribution >= 0.6 is 11.3 Å². The number of anilines is 1. The molecule has 8 heteroatoms. The molecule has 0 saturated heterocycles. The molecule has 0 aliphatic rings. The summed E-state index contributed by atoms with van der Waals surface area (Å²) in [6.45, 7) is 2.35. The average Bonchev–Trinajstić information content (AvgIpc) is 3.21. The maximum Gasteiger partial charge on any atom is 0.320 e. The third-order valence-electron chi connectivity index (χ3n) is 3.42. The van der Waals surface area contributed by atoms with E-state index in [2.05, 4.69) is 25.9 Å². The molecule has 3 aromatic rings. The molecule has 2 N–H and O–H groups in total. The van der Waals surface area contributed by atoms with E-state index in [1.807, 2.05) is 43.3 Å². The number of rotatable bonds is 5. The van der Waals surface area contributed by atoms with Gasteiger partial charge in [0.05, 0.1) is 12.2 Å². The van der Waals surface area contributed by atoms with Gasteiger partial charge in [-0.05, 0) is 6.42 Å². The number of nitrogens with zero attached hydrogens (tertiary/aromatic N) is 4. The smallest absolute Gasteiger partial charge is 0.320 e. The van der Waals surface area contributed by atoms with Crippen LogP contribution in [0, 0.1) is 0 Å². The molecule has 2 heterocycles. The van der Waals surface area contributed by atoms with E-state index in [4.69, 9.17) is 0 Å². The van der Waals surface area contributed by atoms with Crippen LogP contribution in [0.3, 0.4) is 0 Å². The molecule has 3 rings (SSSR count). The zero-order valence-corrected chi connectivity index (χ0v) is 14.3. The Bertz CT molecular complexity index is 826. The highest BCUT2D eigenvalue weighted by Crippen LogP contribution is 2.22. The van der Waals surface area contributed by atoms with Crippen molar-refractivity contribution in [3.05, 3.63) is 47.1 Å². The van der Waals surface area contributed by atoms with Crippen molar-refractivity contribution in [3.63, 3.8) is 0 Å². The summed E-state index contributed by atoms with van der Waals surface area (Å²) in [5, 5.41) is 19.7. The summed E-state index contributed by atoms with van der Waals surface area (Å²) in [4.78, 5) is 12.0. The van der Waals surface area contributed by atoms with Crippen LogP contribution < -0.4 is 10.6 Å². The van der Waals surface area contributed by atoms with Crippen molar-refractivity contribution < 1.29 is 4.79 Å². The zero-order valence-electron chi connectivity index (χ0n) is 13.5. The first-order chi connectivity index (χ1) is 11.7. The fourth-order valence-electron chi connectivity index (χ4n) is 2.16. The summed E-state index contributed by atoms with van der Waals surface area (Å²) in [6, 6.07) is 11.4. The summed E-state index contributed by atoms with van der Waals surface area (Å²) in [6.07, 6.45) is 0.824. The molecule has 0 atom stereocenters. The maximum atomic E-state index is 12.0. The molecule has 0 fully saturated rings. The SMILES string of the molecule is CCc1cc(NC(=O)NCc2nnc(-c3ccccc3)s2)n(C)n1. The molecule has 0 unspecified atom stereocenters. The molecular formula is C16H18N6OS. The highest BCUT2D eigenvalue weighted by molar-refractivity contribution is 7.14. The van der Waals surface area contributed by atoms with E-state index in [-0.39, 0.29) is 6.03 Å². The molecule has 0 saturated carbocycles. The van der Waals surface area contributed by atoms with E-state index in [0.717, 1.165) is 27.7 Å². The van der Waals surface area contributed by atoms with Gasteiger partial charge in [-0.1, -0.05) is 48.6 Å². The molecule has 7 nitrogen and oxygen atoms in total. The van der Waals surface area contributed by atoms with Crippen LogP contribution in [0.2, 0.25) is 0 Å². The number of nitrogens with one attached hydrogen (secondary N) is 2. The number of benzene rings is 1. The minimum atomic E-state index is -0.294. The predicted octanol–water partition coefficient (Wildman–Crippen LogP) is 2.82. The van der Waals surface area contributed by atoms with E-state index < -0.39 is 0 Å². The largest absolute Gasteiger partial charge is 0.331 e. The Balaban J connectivity index is 1.57. The van der Waals surface area contributed by atoms with Crippen molar-refractivity contribution in [2.24, 2.45) is 7.05 Å². The van der Waals surface area contributed by atoms with Crippen LogP contribution in [0.15, 0.2) is 36.4 Å². The third kappa shape index (κ3) is 3.77. The van der Waals surface area contributed by atoms with Gasteiger partial charge in [-0.25, -0.2) is 4.79 Å². The highest BCUT2D eigenvalue weighted by Gasteiger charge is 2.10. The summed E-state index contributed by atoms with van der Waals surface area (Å²) in [5.74, 6) is 0.659. The van der Waals surface area contributed by atoms with Crippen molar-refractivity contribution in [2.45, 2.75) is 19.9 Å². The highest BCUT2D eigenvalue weighted by atomic mass is 32.1. The molecule has 0 bridgehead atoms. The minimum Gasteiger partial charge on any atom is -0.331 e. The van der Waals surface area contributed by atoms with Crippen LogP contribution in [0.25, 0.3) is 10.6 Å². The molecule has 0 aliphatic heterocycles. The van der Waals surface area contributed by atoms with Gasteiger partial charge in [0, 0.05) is 18.7 Å². The predicted molar refractivity (Wildman–Crippen MR) is 93.8 cm³/mol. The van der Waals surface area contributed by atoms with Crippen molar-refractivity contribution in [2.75, 3.05) is 5.32 Å². The third-order valence-corrected chi connectivity index (χ3v) is 4.39. The van der Waals surface area contributed by atoms with Gasteiger partial charge < -0.3 is 5.32 Å². The van der Waals surface area contributed by atoms with Crippen LogP contribution in [-0.4, -0.2) is 26.0 Å². The first-order valence-corrected chi connectivity index (χ1v) is 8.43. The summed E-state index contributed by atoms with van der Waals surface area (Å²) >= 11 is 1.46. The number of amides is 2. The molecule has 124 valence electrons. The van der Waals surface area contributed by atoms with E-state index >= 15 is 0 Å². The van der Waals surface area contributed by atoms with Crippen molar-refractivity contribution in [1.29, 1.82) is 0 Å². The Morgan fingerprint density at radius 3 is 2.75 bits per heavy atom. The first kappa shape index (κ1) is 16.1. The number of carbonyl (C=O) groups is 1. The second-order valence-corrected chi connectivity index (χ2v) is 6.23. The molecular weight excluding hydrogens is 324 g/mol. The van der Waals surface area contributed by atoms with E-state index in [9.17, 15) is 4.79 Å². The summed E-state index contributed by atoms with van der Waals surface area (Å²) < 4.78 is 1.65. The van der Waals surface area contributed by atoms with Crippen LogP contribution in [0.5, 0.6) is 0 Å². The number of hydrogen-bond donors (Lipinski definition) is 2. The van der Waals surface area contributed by atoms with Gasteiger partial charge in [0.1, 0.15) is 15.8 Å². The maximum absolute atomic E-state index is 12.0. The Morgan fingerprint density at radius 1 is 1.25 bits per heavy atom. The molecule has 24 heavy (non-hydrogen) atoms. The minimum absolute atomic E-state index is 0.294. The summed E-state index contributed by atoms with van der Waals surface area (Å²) in [7, 11) is 1.80. The van der Waals surface area contributed by atoms with Crippen molar-refractivity contribution >= 4 is 23.2 Å². The van der Waals surface area contributed by atoms with E-state index in [0.29, 0.717) is 12.4 Å². The lowest BCUT2D eigenvalue weighted by atomic mass is 10.2. The number of aryl methyl sites for hydroxylation is 2. The normalized spacial score (nSPS) is 10.6. The van der Waals surface area contributed by atoms with E-state index in [1.54, 1.807) is 11.7 Å². The first-order valence-electron chi connectivity index (χ1n) is 7.61. The topological polar surface area (TPSA) is 84.7 Å². The number of carbonyl (C=O) groups excluding carboxylic acids is 1. The Kier molecular flexibility index (Phi) is 4.85. The quantitative estimate of drug-likeness (QED) is 0.747. The Morgan fingerprint density at radius 2 is 2.04 bits per heavy atom. The van der Waals surface area contributed by atoms with Gasteiger partial charge in [0.25, 0.3) is 0 Å². The Labute approximate surface area is 143 Å². The fourth-order valence-corrected chi connectivity index (χ4v) is 2.94. The van der Waals surface area contributed by atoms with Gasteiger partial charge >= 0.3 is 6.03 Å². The molecule has 2 aromatic heterocycles. The second-order valence-electron chi connectivity index (χ2n) is 5.17. The van der Waals surface area contributed by atoms with Gasteiger partial charge in [-0.2, -0.15) is 5.10 Å². The van der Waals surface area contributed by atoms with Gasteiger partial charge in [0.2, 0.25) is 0 Å². The zero-order chi connectivity index (χ0) is 16.9.